The lowest BCUT2D eigenvalue weighted by Crippen LogP contribution is -2.43. The maximum Gasteiger partial charge on any atom is 0.152 e. The van der Waals surface area contributed by atoms with Crippen molar-refractivity contribution < 1.29 is 0 Å². The van der Waals surface area contributed by atoms with Gasteiger partial charge in [-0.15, -0.1) is 0 Å². The van der Waals surface area contributed by atoms with Gasteiger partial charge in [-0.1, -0.05) is 28.9 Å². The number of imidazole rings is 1. The number of halogens is 1. The molecule has 3 rings (SSSR count). The van der Waals surface area contributed by atoms with Gasteiger partial charge in [0.25, 0.3) is 0 Å². The number of hydrogen-bond donors (Lipinski definition) is 0. The summed E-state index contributed by atoms with van der Waals surface area (Å²) in [6, 6.07) is 6.75. The molecule has 19 heavy (non-hydrogen) atoms. The summed E-state index contributed by atoms with van der Waals surface area (Å²) in [6.07, 6.45) is 4.69. The third kappa shape index (κ3) is 2.16. The van der Waals surface area contributed by atoms with Crippen LogP contribution in [-0.2, 0) is 5.33 Å². The van der Waals surface area contributed by atoms with Crippen molar-refractivity contribution in [2.24, 2.45) is 5.92 Å². The molecule has 2 unspecified atom stereocenters. The van der Waals surface area contributed by atoms with Crippen LogP contribution >= 0.6 is 15.9 Å². The van der Waals surface area contributed by atoms with Crippen molar-refractivity contribution in [3.8, 4) is 0 Å². The number of rotatable bonds is 2. The number of hydrogen-bond acceptors (Lipinski definition) is 2. The van der Waals surface area contributed by atoms with Crippen molar-refractivity contribution >= 4 is 27.4 Å². The molecule has 0 bridgehead atoms. The fraction of sp³-hybridized carbons (Fsp3) is 0.533. The maximum atomic E-state index is 4.85. The van der Waals surface area contributed by atoms with Crippen LogP contribution in [0, 0.1) is 5.92 Å². The van der Waals surface area contributed by atoms with Gasteiger partial charge in [-0.05, 0) is 37.8 Å². The van der Waals surface area contributed by atoms with Gasteiger partial charge in [0.15, 0.2) is 5.82 Å². The predicted octanol–water partition coefficient (Wildman–Crippen LogP) is 3.85. The van der Waals surface area contributed by atoms with Crippen LogP contribution in [0.1, 0.15) is 32.4 Å². The Labute approximate surface area is 122 Å². The van der Waals surface area contributed by atoms with Crippen molar-refractivity contribution in [2.45, 2.75) is 38.1 Å². The lowest BCUT2D eigenvalue weighted by molar-refractivity contribution is 0.361. The molecule has 0 radical (unpaired) electrons. The van der Waals surface area contributed by atoms with Crippen LogP contribution in [0.3, 0.4) is 0 Å². The van der Waals surface area contributed by atoms with E-state index in [1.807, 2.05) is 6.07 Å². The Hall–Kier alpha value is -1.03. The number of aromatic nitrogens is 2. The minimum atomic E-state index is 0.566. The van der Waals surface area contributed by atoms with Gasteiger partial charge < -0.3 is 9.30 Å². The Balaban J connectivity index is 2.08. The van der Waals surface area contributed by atoms with Gasteiger partial charge in [0.1, 0.15) is 5.65 Å². The van der Waals surface area contributed by atoms with E-state index in [0.717, 1.165) is 29.3 Å². The molecular formula is C15H20BrN3. The molecular weight excluding hydrogens is 302 g/mol. The molecule has 2 atom stereocenters. The standard InChI is InChI=1S/C15H20BrN3/c1-11-6-5-9-18(12(11)2)15-13(10-16)19-8-4-3-7-14(19)17-15/h3-4,7-8,11-12H,5-6,9-10H2,1-2H3. The van der Waals surface area contributed by atoms with E-state index in [0.29, 0.717) is 6.04 Å². The summed E-state index contributed by atoms with van der Waals surface area (Å²) >= 11 is 3.62. The van der Waals surface area contributed by atoms with Gasteiger partial charge in [-0.25, -0.2) is 4.98 Å². The first-order valence-corrected chi connectivity index (χ1v) is 8.13. The van der Waals surface area contributed by atoms with Crippen LogP contribution in [-0.4, -0.2) is 22.0 Å². The molecule has 1 saturated heterocycles. The highest BCUT2D eigenvalue weighted by atomic mass is 79.9. The number of fused-ring (bicyclic) bond motifs is 1. The van der Waals surface area contributed by atoms with Crippen molar-refractivity contribution in [3.63, 3.8) is 0 Å². The number of nitrogens with zero attached hydrogens (tertiary/aromatic N) is 3. The fourth-order valence-electron chi connectivity index (χ4n) is 3.02. The molecule has 1 aliphatic rings. The van der Waals surface area contributed by atoms with Crippen LogP contribution in [0.15, 0.2) is 24.4 Å². The molecule has 1 fully saturated rings. The molecule has 2 aromatic heterocycles. The minimum Gasteiger partial charge on any atom is -0.352 e. The third-order valence-corrected chi connectivity index (χ3v) is 4.91. The predicted molar refractivity (Wildman–Crippen MR) is 83.0 cm³/mol. The molecule has 0 aromatic carbocycles. The Morgan fingerprint density at radius 3 is 3.00 bits per heavy atom. The smallest absolute Gasteiger partial charge is 0.152 e. The number of anilines is 1. The number of alkyl halides is 1. The first-order valence-electron chi connectivity index (χ1n) is 7.01. The van der Waals surface area contributed by atoms with Crippen molar-refractivity contribution in [1.29, 1.82) is 0 Å². The third-order valence-electron chi connectivity index (χ3n) is 4.38. The topological polar surface area (TPSA) is 20.5 Å². The zero-order chi connectivity index (χ0) is 13.4. The van der Waals surface area contributed by atoms with Crippen LogP contribution < -0.4 is 4.90 Å². The Morgan fingerprint density at radius 1 is 1.37 bits per heavy atom. The van der Waals surface area contributed by atoms with Crippen LogP contribution in [0.2, 0.25) is 0 Å². The van der Waals surface area contributed by atoms with E-state index in [1.165, 1.54) is 18.5 Å². The Morgan fingerprint density at radius 2 is 2.21 bits per heavy atom. The summed E-state index contributed by atoms with van der Waals surface area (Å²) in [6.45, 7) is 5.79. The highest BCUT2D eigenvalue weighted by Gasteiger charge is 2.28. The van der Waals surface area contributed by atoms with Crippen LogP contribution in [0.4, 0.5) is 5.82 Å². The average molecular weight is 322 g/mol. The summed E-state index contributed by atoms with van der Waals surface area (Å²) < 4.78 is 2.19. The molecule has 0 aliphatic carbocycles. The molecule has 0 spiro atoms. The lowest BCUT2D eigenvalue weighted by atomic mass is 9.92. The van der Waals surface area contributed by atoms with Crippen LogP contribution in [0.25, 0.3) is 5.65 Å². The molecule has 3 nitrogen and oxygen atoms in total. The second-order valence-corrected chi connectivity index (χ2v) is 6.06. The Kier molecular flexibility index (Phi) is 3.52. The van der Waals surface area contributed by atoms with E-state index in [2.05, 4.69) is 57.4 Å². The SMILES string of the molecule is CC1CCCN(c2nc3ccccn3c2CBr)C1C. The van der Waals surface area contributed by atoms with Gasteiger partial charge in [-0.3, -0.25) is 0 Å². The van der Waals surface area contributed by atoms with Crippen LogP contribution in [0.5, 0.6) is 0 Å². The Bertz CT molecular complexity index is 578. The summed E-state index contributed by atoms with van der Waals surface area (Å²) in [5, 5.41) is 0.838. The summed E-state index contributed by atoms with van der Waals surface area (Å²) in [4.78, 5) is 7.33. The van der Waals surface area contributed by atoms with E-state index in [1.54, 1.807) is 0 Å². The van der Waals surface area contributed by atoms with Gasteiger partial charge in [0.2, 0.25) is 0 Å². The van der Waals surface area contributed by atoms with Gasteiger partial charge in [-0.2, -0.15) is 0 Å². The van der Waals surface area contributed by atoms with E-state index >= 15 is 0 Å². The molecule has 4 heteroatoms. The molecule has 0 N–H and O–H groups in total. The first kappa shape index (κ1) is 13.0. The lowest BCUT2D eigenvalue weighted by Gasteiger charge is -2.38. The molecule has 0 saturated carbocycles. The largest absolute Gasteiger partial charge is 0.352 e. The first-order chi connectivity index (χ1) is 9.22. The summed E-state index contributed by atoms with van der Waals surface area (Å²) in [5.74, 6) is 1.89. The maximum absolute atomic E-state index is 4.85. The highest BCUT2D eigenvalue weighted by Crippen LogP contribution is 2.31. The monoisotopic (exact) mass is 321 g/mol. The minimum absolute atomic E-state index is 0.566. The summed E-state index contributed by atoms with van der Waals surface area (Å²) in [7, 11) is 0. The van der Waals surface area contributed by atoms with E-state index in [9.17, 15) is 0 Å². The fourth-order valence-corrected chi connectivity index (χ4v) is 3.54. The second-order valence-electron chi connectivity index (χ2n) is 5.50. The zero-order valence-electron chi connectivity index (χ0n) is 11.5. The number of piperidine rings is 1. The zero-order valence-corrected chi connectivity index (χ0v) is 13.1. The van der Waals surface area contributed by atoms with Crippen molar-refractivity contribution in [3.05, 3.63) is 30.1 Å². The van der Waals surface area contributed by atoms with E-state index in [-0.39, 0.29) is 0 Å². The quantitative estimate of drug-likeness (QED) is 0.783. The van der Waals surface area contributed by atoms with Crippen molar-refractivity contribution in [2.75, 3.05) is 11.4 Å². The van der Waals surface area contributed by atoms with Crippen molar-refractivity contribution in [1.82, 2.24) is 9.38 Å². The molecule has 1 aliphatic heterocycles. The summed E-state index contributed by atoms with van der Waals surface area (Å²) in [5.41, 5.74) is 2.30. The highest BCUT2D eigenvalue weighted by molar-refractivity contribution is 9.08. The van der Waals surface area contributed by atoms with Gasteiger partial charge >= 0.3 is 0 Å². The second kappa shape index (κ2) is 5.16. The molecule has 102 valence electrons. The van der Waals surface area contributed by atoms with E-state index in [4.69, 9.17) is 4.98 Å². The molecule has 2 aromatic rings. The average Bonchev–Trinajstić information content (AvgIpc) is 2.80. The number of pyridine rings is 1. The van der Waals surface area contributed by atoms with E-state index < -0.39 is 0 Å². The molecule has 0 amide bonds. The normalized spacial score (nSPS) is 24.1. The molecule has 3 heterocycles. The van der Waals surface area contributed by atoms with Gasteiger partial charge in [0, 0.05) is 24.1 Å². The van der Waals surface area contributed by atoms with Gasteiger partial charge in [0.05, 0.1) is 5.69 Å².